The Kier molecular flexibility index (Phi) is 6.00. The summed E-state index contributed by atoms with van der Waals surface area (Å²) in [6.07, 6.45) is 3.54. The van der Waals surface area contributed by atoms with Crippen molar-refractivity contribution in [3.63, 3.8) is 0 Å². The Morgan fingerprint density at radius 2 is 1.75 bits per heavy atom. The maximum atomic E-state index is 12.5. The second-order valence-corrected chi connectivity index (χ2v) is 6.76. The summed E-state index contributed by atoms with van der Waals surface area (Å²) in [4.78, 5) is 25.9. The first kappa shape index (κ1) is 19.5. The first-order valence-electron chi connectivity index (χ1n) is 8.45. The van der Waals surface area contributed by atoms with E-state index in [1.54, 1.807) is 49.3 Å². The summed E-state index contributed by atoms with van der Waals surface area (Å²) in [6, 6.07) is 14.3. The van der Waals surface area contributed by atoms with Crippen molar-refractivity contribution in [3.8, 4) is 5.88 Å². The summed E-state index contributed by atoms with van der Waals surface area (Å²) in [6.45, 7) is 0. The fraction of sp³-hybridized carbons (Fsp3) is 0.150. The normalized spacial score (nSPS) is 10.4. The zero-order valence-corrected chi connectivity index (χ0v) is 16.5. The predicted molar refractivity (Wildman–Crippen MR) is 110 cm³/mol. The first-order valence-corrected chi connectivity index (χ1v) is 9.67. The molecule has 0 aliphatic heterocycles. The van der Waals surface area contributed by atoms with Crippen LogP contribution in [0.1, 0.15) is 20.7 Å². The molecule has 0 aliphatic carbocycles. The molecule has 28 heavy (non-hydrogen) atoms. The molecule has 2 aromatic carbocycles. The lowest BCUT2D eigenvalue weighted by atomic mass is 10.2. The second kappa shape index (κ2) is 8.62. The van der Waals surface area contributed by atoms with Crippen molar-refractivity contribution in [3.05, 3.63) is 65.9 Å². The number of anilines is 2. The van der Waals surface area contributed by atoms with Crippen LogP contribution in [0.2, 0.25) is 0 Å². The Labute approximate surface area is 167 Å². The lowest BCUT2D eigenvalue weighted by Gasteiger charge is -2.10. The number of rotatable bonds is 6. The SMILES string of the molecule is COc1nn(C)cc1C(=O)Nc1ccc(C(=O)Nc2ccccc2SC)cc1. The van der Waals surface area contributed by atoms with E-state index < -0.39 is 0 Å². The minimum Gasteiger partial charge on any atom is -0.479 e. The predicted octanol–water partition coefficient (Wildman–Crippen LogP) is 3.66. The van der Waals surface area contributed by atoms with Crippen LogP contribution < -0.4 is 15.4 Å². The number of carbonyl (C=O) groups excluding carboxylic acids is 2. The Balaban J connectivity index is 1.69. The van der Waals surface area contributed by atoms with Gasteiger partial charge in [0, 0.05) is 29.4 Å². The molecule has 0 aliphatic rings. The first-order chi connectivity index (χ1) is 13.5. The van der Waals surface area contributed by atoms with Gasteiger partial charge in [-0.15, -0.1) is 16.9 Å². The van der Waals surface area contributed by atoms with Crippen molar-refractivity contribution in [2.24, 2.45) is 7.05 Å². The number of methoxy groups -OCH3 is 1. The molecule has 7 nitrogen and oxygen atoms in total. The highest BCUT2D eigenvalue weighted by atomic mass is 32.2. The molecule has 1 heterocycles. The number of hydrogen-bond donors (Lipinski definition) is 2. The number of carbonyl (C=O) groups is 2. The Hall–Kier alpha value is -3.26. The standard InChI is InChI=1S/C20H20N4O3S/c1-24-12-15(20(23-24)27-2)19(26)21-14-10-8-13(9-11-14)18(25)22-16-6-4-5-7-17(16)28-3/h4-12H,1-3H3,(H,21,26)(H,22,25). The number of hydrogen-bond acceptors (Lipinski definition) is 5. The fourth-order valence-corrected chi connectivity index (χ4v) is 3.17. The van der Waals surface area contributed by atoms with Gasteiger partial charge in [-0.25, -0.2) is 0 Å². The summed E-state index contributed by atoms with van der Waals surface area (Å²) >= 11 is 1.57. The maximum absolute atomic E-state index is 12.5. The van der Waals surface area contributed by atoms with Crippen LogP contribution >= 0.6 is 11.8 Å². The van der Waals surface area contributed by atoms with Crippen LogP contribution in [0.15, 0.2) is 59.6 Å². The van der Waals surface area contributed by atoms with Crippen LogP contribution in [0.5, 0.6) is 5.88 Å². The van der Waals surface area contributed by atoms with E-state index >= 15 is 0 Å². The monoisotopic (exact) mass is 396 g/mol. The van der Waals surface area contributed by atoms with Crippen LogP contribution in [0.4, 0.5) is 11.4 Å². The van der Waals surface area contributed by atoms with Crippen LogP contribution in [0.3, 0.4) is 0 Å². The largest absolute Gasteiger partial charge is 0.479 e. The molecule has 0 bridgehead atoms. The lowest BCUT2D eigenvalue weighted by molar-refractivity contribution is 0.101. The topological polar surface area (TPSA) is 85.2 Å². The van der Waals surface area contributed by atoms with Gasteiger partial charge in [0.05, 0.1) is 12.8 Å². The van der Waals surface area contributed by atoms with Crippen molar-refractivity contribution < 1.29 is 14.3 Å². The summed E-state index contributed by atoms with van der Waals surface area (Å²) in [5.41, 5.74) is 2.16. The molecule has 0 saturated carbocycles. The molecule has 0 saturated heterocycles. The average molecular weight is 396 g/mol. The molecule has 0 atom stereocenters. The number of aryl methyl sites for hydroxylation is 1. The summed E-state index contributed by atoms with van der Waals surface area (Å²) in [5, 5.41) is 9.74. The van der Waals surface area contributed by atoms with Crippen LogP contribution in [-0.2, 0) is 7.05 Å². The van der Waals surface area contributed by atoms with E-state index in [1.807, 2.05) is 30.5 Å². The van der Waals surface area contributed by atoms with Crippen molar-refractivity contribution in [1.29, 1.82) is 0 Å². The van der Waals surface area contributed by atoms with Gasteiger partial charge in [-0.3, -0.25) is 14.3 Å². The molecule has 1 aromatic heterocycles. The minimum absolute atomic E-state index is 0.215. The molecular weight excluding hydrogens is 376 g/mol. The van der Waals surface area contributed by atoms with Crippen LogP contribution in [0.25, 0.3) is 0 Å². The molecule has 2 amide bonds. The van der Waals surface area contributed by atoms with Crippen LogP contribution in [0, 0.1) is 0 Å². The third-order valence-electron chi connectivity index (χ3n) is 3.99. The van der Waals surface area contributed by atoms with Gasteiger partial charge in [0.15, 0.2) is 0 Å². The number of nitrogens with one attached hydrogen (secondary N) is 2. The van der Waals surface area contributed by atoms with E-state index in [4.69, 9.17) is 4.74 Å². The number of benzene rings is 2. The highest BCUT2D eigenvalue weighted by Crippen LogP contribution is 2.25. The Morgan fingerprint density at radius 1 is 1.04 bits per heavy atom. The van der Waals surface area contributed by atoms with E-state index in [0.717, 1.165) is 10.6 Å². The van der Waals surface area contributed by atoms with Crippen molar-refractivity contribution in [2.45, 2.75) is 4.90 Å². The third-order valence-corrected chi connectivity index (χ3v) is 4.79. The van der Waals surface area contributed by atoms with Crippen molar-refractivity contribution >= 4 is 35.0 Å². The molecule has 3 aromatic rings. The average Bonchev–Trinajstić information content (AvgIpc) is 3.10. The molecule has 0 spiro atoms. The van der Waals surface area contributed by atoms with E-state index in [2.05, 4.69) is 15.7 Å². The minimum atomic E-state index is -0.337. The second-order valence-electron chi connectivity index (χ2n) is 5.91. The zero-order chi connectivity index (χ0) is 20.1. The summed E-state index contributed by atoms with van der Waals surface area (Å²) in [7, 11) is 3.17. The number of nitrogens with zero attached hydrogens (tertiary/aromatic N) is 2. The molecule has 0 radical (unpaired) electrons. The van der Waals surface area contributed by atoms with Gasteiger partial charge >= 0.3 is 0 Å². The van der Waals surface area contributed by atoms with E-state index in [0.29, 0.717) is 16.8 Å². The van der Waals surface area contributed by atoms with Gasteiger partial charge in [-0.05, 0) is 42.7 Å². The third kappa shape index (κ3) is 4.34. The van der Waals surface area contributed by atoms with Crippen LogP contribution in [-0.4, -0.2) is 35.0 Å². The smallest absolute Gasteiger partial charge is 0.262 e. The van der Waals surface area contributed by atoms with E-state index in [9.17, 15) is 9.59 Å². The van der Waals surface area contributed by atoms with Gasteiger partial charge in [-0.1, -0.05) is 12.1 Å². The van der Waals surface area contributed by atoms with Gasteiger partial charge in [0.1, 0.15) is 5.56 Å². The molecule has 8 heteroatoms. The Morgan fingerprint density at radius 3 is 2.43 bits per heavy atom. The van der Waals surface area contributed by atoms with Crippen molar-refractivity contribution in [2.75, 3.05) is 24.0 Å². The zero-order valence-electron chi connectivity index (χ0n) is 15.7. The summed E-state index contributed by atoms with van der Waals surface area (Å²) < 4.78 is 6.61. The highest BCUT2D eigenvalue weighted by Gasteiger charge is 2.16. The maximum Gasteiger partial charge on any atom is 0.262 e. The molecule has 144 valence electrons. The number of para-hydroxylation sites is 1. The number of ether oxygens (including phenoxy) is 1. The number of thioether (sulfide) groups is 1. The fourth-order valence-electron chi connectivity index (χ4n) is 2.62. The molecule has 3 rings (SSSR count). The van der Waals surface area contributed by atoms with Gasteiger partial charge in [0.2, 0.25) is 5.88 Å². The Bertz CT molecular complexity index is 999. The van der Waals surface area contributed by atoms with Gasteiger partial charge in [0.25, 0.3) is 11.8 Å². The summed E-state index contributed by atoms with van der Waals surface area (Å²) in [5.74, 6) is -0.298. The lowest BCUT2D eigenvalue weighted by Crippen LogP contribution is -2.14. The molecule has 2 N–H and O–H groups in total. The molecular formula is C20H20N4O3S. The number of aromatic nitrogens is 2. The molecule has 0 fully saturated rings. The quantitative estimate of drug-likeness (QED) is 0.621. The number of amides is 2. The van der Waals surface area contributed by atoms with Crippen molar-refractivity contribution in [1.82, 2.24) is 9.78 Å². The molecule has 0 unspecified atom stereocenters. The van der Waals surface area contributed by atoms with E-state index in [1.165, 1.54) is 11.8 Å². The van der Waals surface area contributed by atoms with Gasteiger partial charge < -0.3 is 15.4 Å². The van der Waals surface area contributed by atoms with Gasteiger partial charge in [-0.2, -0.15) is 0 Å². The highest BCUT2D eigenvalue weighted by molar-refractivity contribution is 7.98. The van der Waals surface area contributed by atoms with E-state index in [-0.39, 0.29) is 17.7 Å².